The Morgan fingerprint density at radius 3 is 2.47 bits per heavy atom. The number of pyridine rings is 1. The first-order chi connectivity index (χ1) is 18.0. The molecular formula is C29H34N5O2S2+. The number of carbonyl (C=O) groups excluding carboxylic acids is 1. The number of Topliss-reactive ketones (excluding diaryl/α,β-unsaturated/α-hetero) is 1. The number of thiol groups is 1. The van der Waals surface area contributed by atoms with Crippen molar-refractivity contribution in [2.24, 2.45) is 0 Å². The first kappa shape index (κ1) is 26.6. The van der Waals surface area contributed by atoms with E-state index in [2.05, 4.69) is 39.7 Å². The van der Waals surface area contributed by atoms with Gasteiger partial charge in [-0.25, -0.2) is 14.5 Å². The Bertz CT molecular complexity index is 1580. The fourth-order valence-corrected chi connectivity index (χ4v) is 6.16. The highest BCUT2D eigenvalue weighted by Crippen LogP contribution is 2.47. The molecule has 0 amide bonds. The molecular weight excluding hydrogens is 514 g/mol. The van der Waals surface area contributed by atoms with E-state index in [-0.39, 0.29) is 5.78 Å². The fraction of sp³-hybridized carbons (Fsp3) is 0.414. The van der Waals surface area contributed by atoms with Crippen LogP contribution >= 0.6 is 24.8 Å². The molecule has 4 aromatic rings. The van der Waals surface area contributed by atoms with E-state index in [1.54, 1.807) is 7.11 Å². The molecule has 1 aromatic carbocycles. The number of ketones is 1. The number of aromatic nitrogens is 5. The topological polar surface area (TPSA) is 87.5 Å². The summed E-state index contributed by atoms with van der Waals surface area (Å²) in [6, 6.07) is 8.02. The summed E-state index contributed by atoms with van der Waals surface area (Å²) in [7, 11) is 1.67. The lowest BCUT2D eigenvalue weighted by molar-refractivity contribution is -0.611. The highest BCUT2D eigenvalue weighted by Gasteiger charge is 2.50. The standard InChI is InChI=1S/C29H33N5O2S2/c1-16-22(15-24-30-17(8-7-11-37)12-25(38)33-24)34(10-9-23(16)36-6)27-31-20-13-18-19(14-21(20)32-27)29(4,5)26(35)28(18,2)3/h9-10,12-14H,7-8,11,15H2,1-6H3,(H2-,30,31,32,33,37,38)/p+1. The minimum atomic E-state index is -0.553. The van der Waals surface area contributed by atoms with Crippen LogP contribution in [0.25, 0.3) is 17.0 Å². The van der Waals surface area contributed by atoms with Gasteiger partial charge in [0.15, 0.2) is 11.3 Å². The number of carbonyl (C=O) groups is 1. The van der Waals surface area contributed by atoms with E-state index < -0.39 is 10.8 Å². The summed E-state index contributed by atoms with van der Waals surface area (Å²) in [5.41, 5.74) is 5.76. The normalized spacial score (nSPS) is 15.7. The predicted octanol–water partition coefficient (Wildman–Crippen LogP) is 5.20. The quantitative estimate of drug-likeness (QED) is 0.168. The van der Waals surface area contributed by atoms with Crippen molar-refractivity contribution in [2.45, 2.75) is 64.7 Å². The number of ether oxygens (including phenoxy) is 1. The molecule has 0 aliphatic heterocycles. The molecule has 2 N–H and O–H groups in total. The van der Waals surface area contributed by atoms with Gasteiger partial charge in [0.1, 0.15) is 21.7 Å². The summed E-state index contributed by atoms with van der Waals surface area (Å²) in [6.07, 6.45) is 4.30. The van der Waals surface area contributed by atoms with Crippen LogP contribution in [0.15, 0.2) is 30.5 Å². The van der Waals surface area contributed by atoms with Crippen molar-refractivity contribution < 1.29 is 14.1 Å². The van der Waals surface area contributed by atoms with Gasteiger partial charge in [0.2, 0.25) is 0 Å². The second-order valence-electron chi connectivity index (χ2n) is 11.1. The number of hydrogen-bond acceptors (Lipinski definition) is 6. The predicted molar refractivity (Wildman–Crippen MR) is 154 cm³/mol. The van der Waals surface area contributed by atoms with Crippen molar-refractivity contribution in [2.75, 3.05) is 12.9 Å². The molecule has 3 aromatic heterocycles. The number of methoxy groups -OCH3 is 1. The highest BCUT2D eigenvalue weighted by atomic mass is 32.1. The number of H-pyrrole nitrogens is 2. The number of benzene rings is 1. The van der Waals surface area contributed by atoms with E-state index >= 15 is 0 Å². The maximum absolute atomic E-state index is 13.2. The number of imidazole rings is 1. The number of nitrogens with one attached hydrogen (secondary N) is 2. The number of aromatic amines is 2. The van der Waals surface area contributed by atoms with Crippen molar-refractivity contribution >= 4 is 41.7 Å². The Balaban J connectivity index is 1.63. The summed E-state index contributed by atoms with van der Waals surface area (Å²) < 4.78 is 8.26. The van der Waals surface area contributed by atoms with E-state index in [9.17, 15) is 4.79 Å². The minimum Gasteiger partial charge on any atom is -0.496 e. The van der Waals surface area contributed by atoms with Crippen molar-refractivity contribution in [3.63, 3.8) is 0 Å². The average molecular weight is 549 g/mol. The summed E-state index contributed by atoms with van der Waals surface area (Å²) in [6.45, 7) is 10.1. The zero-order valence-corrected chi connectivity index (χ0v) is 24.4. The Kier molecular flexibility index (Phi) is 6.72. The third-order valence-electron chi connectivity index (χ3n) is 7.79. The van der Waals surface area contributed by atoms with Crippen molar-refractivity contribution in [1.82, 2.24) is 19.9 Å². The van der Waals surface area contributed by atoms with Crippen LogP contribution in [0.3, 0.4) is 0 Å². The number of hydrogen-bond donors (Lipinski definition) is 3. The highest BCUT2D eigenvalue weighted by molar-refractivity contribution is 7.80. The van der Waals surface area contributed by atoms with Gasteiger partial charge in [0.25, 0.3) is 0 Å². The van der Waals surface area contributed by atoms with E-state index in [1.165, 1.54) is 0 Å². The van der Waals surface area contributed by atoms with E-state index in [0.717, 1.165) is 69.3 Å². The molecule has 198 valence electrons. The van der Waals surface area contributed by atoms with Gasteiger partial charge < -0.3 is 9.72 Å². The Hall–Kier alpha value is -3.04. The molecule has 1 aliphatic carbocycles. The zero-order valence-electron chi connectivity index (χ0n) is 22.7. The maximum Gasteiger partial charge on any atom is 0.402 e. The van der Waals surface area contributed by atoms with Crippen molar-refractivity contribution in [3.8, 4) is 11.7 Å². The molecule has 3 heterocycles. The van der Waals surface area contributed by atoms with Gasteiger partial charge in [-0.1, -0.05) is 17.2 Å². The van der Waals surface area contributed by atoms with Crippen LogP contribution < -0.4 is 9.30 Å². The van der Waals surface area contributed by atoms with Gasteiger partial charge in [-0.2, -0.15) is 12.6 Å². The zero-order chi connectivity index (χ0) is 27.4. The molecule has 0 atom stereocenters. The van der Waals surface area contributed by atoms with Crippen LogP contribution in [0.2, 0.25) is 0 Å². The average Bonchev–Trinajstić information content (AvgIpc) is 3.34. The van der Waals surface area contributed by atoms with Crippen LogP contribution in [0.4, 0.5) is 0 Å². The van der Waals surface area contributed by atoms with Crippen LogP contribution in [-0.2, 0) is 28.5 Å². The van der Waals surface area contributed by atoms with E-state index in [4.69, 9.17) is 21.9 Å². The Morgan fingerprint density at radius 2 is 1.79 bits per heavy atom. The van der Waals surface area contributed by atoms with Crippen LogP contribution in [-0.4, -0.2) is 38.6 Å². The monoisotopic (exact) mass is 548 g/mol. The second kappa shape index (κ2) is 9.61. The van der Waals surface area contributed by atoms with Crippen molar-refractivity contribution in [3.05, 3.63) is 69.0 Å². The summed E-state index contributed by atoms with van der Waals surface area (Å²) >= 11 is 9.81. The molecule has 0 saturated heterocycles. The SMILES string of the molecule is COc1cc[n+](-c2nc3cc4c(cc3[nH]2)C(C)(C)C(=O)C4(C)C)c(Cc2nc(=S)cc(CCCS)[nH]2)c1C. The maximum atomic E-state index is 13.2. The first-order valence-electron chi connectivity index (χ1n) is 12.9. The van der Waals surface area contributed by atoms with Gasteiger partial charge in [-0.15, -0.1) is 0 Å². The van der Waals surface area contributed by atoms with E-state index in [1.807, 2.05) is 57.5 Å². The molecule has 38 heavy (non-hydrogen) atoms. The lowest BCUT2D eigenvalue weighted by atomic mass is 9.80. The molecule has 0 radical (unpaired) electrons. The smallest absolute Gasteiger partial charge is 0.402 e. The van der Waals surface area contributed by atoms with Gasteiger partial charge in [0.05, 0.1) is 25.4 Å². The minimum absolute atomic E-state index is 0.233. The molecule has 0 saturated carbocycles. The molecule has 0 bridgehead atoms. The second-order valence-corrected chi connectivity index (χ2v) is 11.9. The molecule has 0 unspecified atom stereocenters. The molecule has 5 rings (SSSR count). The lowest BCUT2D eigenvalue weighted by Gasteiger charge is -2.21. The van der Waals surface area contributed by atoms with Gasteiger partial charge >= 0.3 is 5.95 Å². The van der Waals surface area contributed by atoms with Crippen LogP contribution in [0.1, 0.15) is 68.0 Å². The third-order valence-corrected chi connectivity index (χ3v) is 8.32. The Morgan fingerprint density at radius 1 is 1.08 bits per heavy atom. The van der Waals surface area contributed by atoms with Crippen LogP contribution in [0.5, 0.6) is 5.75 Å². The number of aryl methyl sites for hydroxylation is 1. The number of nitrogens with zero attached hydrogens (tertiary/aromatic N) is 3. The van der Waals surface area contributed by atoms with Gasteiger partial charge in [-0.05, 0) is 82.5 Å². The summed E-state index contributed by atoms with van der Waals surface area (Å²) in [5, 5.41) is 0. The third kappa shape index (κ3) is 4.35. The summed E-state index contributed by atoms with van der Waals surface area (Å²) in [5.74, 6) is 3.31. The number of fused-ring (bicyclic) bond motifs is 2. The van der Waals surface area contributed by atoms with Gasteiger partial charge in [0, 0.05) is 28.2 Å². The molecule has 1 aliphatic rings. The lowest BCUT2D eigenvalue weighted by Crippen LogP contribution is -2.38. The van der Waals surface area contributed by atoms with Crippen molar-refractivity contribution in [1.29, 1.82) is 0 Å². The largest absolute Gasteiger partial charge is 0.496 e. The van der Waals surface area contributed by atoms with Crippen LogP contribution in [0, 0.1) is 11.6 Å². The van der Waals surface area contributed by atoms with E-state index in [0.29, 0.717) is 17.0 Å². The van der Waals surface area contributed by atoms with Gasteiger partial charge in [-0.3, -0.25) is 4.79 Å². The fourth-order valence-electron chi connectivity index (χ4n) is 5.75. The summed E-state index contributed by atoms with van der Waals surface area (Å²) in [4.78, 5) is 29.7. The molecule has 0 spiro atoms. The molecule has 9 heteroatoms. The number of rotatable bonds is 7. The Labute approximate surface area is 233 Å². The first-order valence-corrected chi connectivity index (χ1v) is 13.9. The molecule has 0 fully saturated rings. The molecule has 7 nitrogen and oxygen atoms in total.